The lowest BCUT2D eigenvalue weighted by molar-refractivity contribution is 0.178. The molecule has 2 heterocycles. The fraction of sp³-hybridized carbons (Fsp3) is 0.368. The van der Waals surface area contributed by atoms with Gasteiger partial charge in [0.2, 0.25) is 0 Å². The van der Waals surface area contributed by atoms with E-state index in [0.717, 1.165) is 18.9 Å². The summed E-state index contributed by atoms with van der Waals surface area (Å²) in [5.74, 6) is -1.39. The lowest BCUT2D eigenvalue weighted by Crippen LogP contribution is -2.45. The SMILES string of the molecule is C[C@@H](NC(=O)N1CCC(c2ccncc2)CC1)c1cccc(F)c1F. The van der Waals surface area contributed by atoms with Crippen LogP contribution in [0.2, 0.25) is 0 Å². The summed E-state index contributed by atoms with van der Waals surface area (Å²) in [6.07, 6.45) is 5.31. The normalized spacial score (nSPS) is 16.5. The van der Waals surface area contributed by atoms with Crippen molar-refractivity contribution < 1.29 is 13.6 Å². The van der Waals surface area contributed by atoms with Gasteiger partial charge in [-0.15, -0.1) is 0 Å². The third kappa shape index (κ3) is 3.95. The molecule has 1 aliphatic heterocycles. The van der Waals surface area contributed by atoms with Crippen LogP contribution in [0.3, 0.4) is 0 Å². The molecule has 1 saturated heterocycles. The Balaban J connectivity index is 1.57. The van der Waals surface area contributed by atoms with Crippen LogP contribution < -0.4 is 5.32 Å². The number of urea groups is 1. The largest absolute Gasteiger partial charge is 0.331 e. The molecular formula is C19H21F2N3O. The summed E-state index contributed by atoms with van der Waals surface area (Å²) < 4.78 is 27.2. The second-order valence-corrected chi connectivity index (χ2v) is 6.36. The number of carbonyl (C=O) groups excluding carboxylic acids is 1. The minimum atomic E-state index is -0.910. The number of pyridine rings is 1. The number of rotatable bonds is 3. The number of hydrogen-bond donors (Lipinski definition) is 1. The van der Waals surface area contributed by atoms with Crippen LogP contribution in [0, 0.1) is 11.6 Å². The van der Waals surface area contributed by atoms with Crippen LogP contribution >= 0.6 is 0 Å². The topological polar surface area (TPSA) is 45.2 Å². The van der Waals surface area contributed by atoms with Crippen LogP contribution in [0.5, 0.6) is 0 Å². The molecule has 0 aliphatic carbocycles. The van der Waals surface area contributed by atoms with Crippen LogP contribution in [-0.4, -0.2) is 29.0 Å². The Bertz CT molecular complexity index is 731. The Hall–Kier alpha value is -2.50. The maximum atomic E-state index is 13.8. The standard InChI is InChI=1S/C19H21F2N3O/c1-13(16-3-2-4-17(20)18(16)21)23-19(25)24-11-7-15(8-12-24)14-5-9-22-10-6-14/h2-6,9-10,13,15H,7-8,11-12H2,1H3,(H,23,25)/t13-/m1/s1. The van der Waals surface area contributed by atoms with Gasteiger partial charge < -0.3 is 10.2 Å². The van der Waals surface area contributed by atoms with Crippen molar-refractivity contribution in [1.29, 1.82) is 0 Å². The lowest BCUT2D eigenvalue weighted by atomic mass is 9.90. The molecule has 1 aliphatic rings. The van der Waals surface area contributed by atoms with Gasteiger partial charge in [0, 0.05) is 31.0 Å². The summed E-state index contributed by atoms with van der Waals surface area (Å²) in [7, 11) is 0. The average molecular weight is 345 g/mol. The fourth-order valence-electron chi connectivity index (χ4n) is 3.26. The number of benzene rings is 1. The molecule has 6 heteroatoms. The van der Waals surface area contributed by atoms with E-state index in [-0.39, 0.29) is 11.6 Å². The Morgan fingerprint density at radius 3 is 2.56 bits per heavy atom. The highest BCUT2D eigenvalue weighted by atomic mass is 19.2. The molecule has 0 spiro atoms. The highest BCUT2D eigenvalue weighted by Crippen LogP contribution is 2.28. The number of carbonyl (C=O) groups is 1. The van der Waals surface area contributed by atoms with Crippen molar-refractivity contribution in [2.45, 2.75) is 31.7 Å². The van der Waals surface area contributed by atoms with Crippen molar-refractivity contribution in [3.8, 4) is 0 Å². The van der Waals surface area contributed by atoms with Gasteiger partial charge in [-0.05, 0) is 49.4 Å². The van der Waals surface area contributed by atoms with Crippen molar-refractivity contribution in [3.63, 3.8) is 0 Å². The van der Waals surface area contributed by atoms with E-state index in [1.807, 2.05) is 12.1 Å². The van der Waals surface area contributed by atoms with Crippen LogP contribution in [0.4, 0.5) is 13.6 Å². The molecule has 1 aromatic heterocycles. The summed E-state index contributed by atoms with van der Waals surface area (Å²) in [5, 5.41) is 2.76. The van der Waals surface area contributed by atoms with E-state index in [1.165, 1.54) is 17.7 Å². The number of halogens is 2. The van der Waals surface area contributed by atoms with Crippen molar-refractivity contribution in [2.75, 3.05) is 13.1 Å². The van der Waals surface area contributed by atoms with Gasteiger partial charge in [0.05, 0.1) is 6.04 Å². The Labute approximate surface area is 145 Å². The maximum absolute atomic E-state index is 13.8. The van der Waals surface area contributed by atoms with E-state index in [2.05, 4.69) is 10.3 Å². The molecule has 4 nitrogen and oxygen atoms in total. The van der Waals surface area contributed by atoms with Crippen molar-refractivity contribution in [1.82, 2.24) is 15.2 Å². The summed E-state index contributed by atoms with van der Waals surface area (Å²) in [6.45, 7) is 2.92. The van der Waals surface area contributed by atoms with Crippen molar-refractivity contribution >= 4 is 6.03 Å². The van der Waals surface area contributed by atoms with E-state index < -0.39 is 17.7 Å². The van der Waals surface area contributed by atoms with E-state index in [0.29, 0.717) is 19.0 Å². The van der Waals surface area contributed by atoms with Gasteiger partial charge in [-0.3, -0.25) is 4.98 Å². The number of aromatic nitrogens is 1. The number of likely N-dealkylation sites (tertiary alicyclic amines) is 1. The van der Waals surface area contributed by atoms with Gasteiger partial charge in [-0.1, -0.05) is 12.1 Å². The molecule has 25 heavy (non-hydrogen) atoms. The third-order valence-electron chi connectivity index (χ3n) is 4.75. The predicted octanol–water partition coefficient (Wildman–Crippen LogP) is 4.01. The highest BCUT2D eigenvalue weighted by molar-refractivity contribution is 5.74. The molecule has 1 fully saturated rings. The number of amides is 2. The molecule has 1 aromatic carbocycles. The predicted molar refractivity (Wildman–Crippen MR) is 91.1 cm³/mol. The zero-order chi connectivity index (χ0) is 17.8. The second kappa shape index (κ2) is 7.59. The Morgan fingerprint density at radius 1 is 1.20 bits per heavy atom. The zero-order valence-corrected chi connectivity index (χ0v) is 14.1. The van der Waals surface area contributed by atoms with Gasteiger partial charge in [0.15, 0.2) is 11.6 Å². The fourth-order valence-corrected chi connectivity index (χ4v) is 3.26. The minimum Gasteiger partial charge on any atom is -0.331 e. The number of hydrogen-bond acceptors (Lipinski definition) is 2. The first-order valence-electron chi connectivity index (χ1n) is 8.45. The van der Waals surface area contributed by atoms with Crippen LogP contribution in [0.15, 0.2) is 42.7 Å². The summed E-state index contributed by atoms with van der Waals surface area (Å²) in [4.78, 5) is 18.2. The van der Waals surface area contributed by atoms with Crippen LogP contribution in [0.1, 0.15) is 42.9 Å². The molecule has 0 unspecified atom stereocenters. The van der Waals surface area contributed by atoms with Crippen molar-refractivity contribution in [3.05, 3.63) is 65.5 Å². The first kappa shape index (κ1) is 17.3. The van der Waals surface area contributed by atoms with Crippen molar-refractivity contribution in [2.24, 2.45) is 0 Å². The summed E-state index contributed by atoms with van der Waals surface area (Å²) in [6, 6.07) is 7.17. The maximum Gasteiger partial charge on any atom is 0.317 e. The molecule has 0 saturated carbocycles. The third-order valence-corrected chi connectivity index (χ3v) is 4.75. The molecule has 2 aromatic rings. The second-order valence-electron chi connectivity index (χ2n) is 6.36. The zero-order valence-electron chi connectivity index (χ0n) is 14.1. The minimum absolute atomic E-state index is 0.153. The van der Waals surface area contributed by atoms with E-state index in [1.54, 1.807) is 24.2 Å². The summed E-state index contributed by atoms with van der Waals surface area (Å²) in [5.41, 5.74) is 1.39. The van der Waals surface area contributed by atoms with Crippen LogP contribution in [-0.2, 0) is 0 Å². The molecule has 2 amide bonds. The Morgan fingerprint density at radius 2 is 1.88 bits per heavy atom. The first-order chi connectivity index (χ1) is 12.1. The average Bonchev–Trinajstić information content (AvgIpc) is 2.64. The van der Waals surface area contributed by atoms with Gasteiger partial charge in [0.25, 0.3) is 0 Å². The Kier molecular flexibility index (Phi) is 5.26. The molecule has 0 radical (unpaired) electrons. The molecule has 1 N–H and O–H groups in total. The molecule has 3 rings (SSSR count). The first-order valence-corrected chi connectivity index (χ1v) is 8.45. The molecule has 1 atom stereocenters. The van der Waals surface area contributed by atoms with Gasteiger partial charge in [0.1, 0.15) is 0 Å². The smallest absolute Gasteiger partial charge is 0.317 e. The molecule has 0 bridgehead atoms. The quantitative estimate of drug-likeness (QED) is 0.913. The summed E-state index contributed by atoms with van der Waals surface area (Å²) >= 11 is 0. The van der Waals surface area contributed by atoms with Gasteiger partial charge in [-0.2, -0.15) is 0 Å². The van der Waals surface area contributed by atoms with Gasteiger partial charge in [-0.25, -0.2) is 13.6 Å². The monoisotopic (exact) mass is 345 g/mol. The molecular weight excluding hydrogens is 324 g/mol. The number of nitrogens with one attached hydrogen (secondary N) is 1. The molecule has 132 valence electrons. The van der Waals surface area contributed by atoms with E-state index in [4.69, 9.17) is 0 Å². The lowest BCUT2D eigenvalue weighted by Gasteiger charge is -2.33. The van der Waals surface area contributed by atoms with E-state index in [9.17, 15) is 13.6 Å². The van der Waals surface area contributed by atoms with Crippen LogP contribution in [0.25, 0.3) is 0 Å². The van der Waals surface area contributed by atoms with Gasteiger partial charge >= 0.3 is 6.03 Å². The number of nitrogens with zero attached hydrogens (tertiary/aromatic N) is 2. The highest BCUT2D eigenvalue weighted by Gasteiger charge is 2.25. The number of piperidine rings is 1. The van der Waals surface area contributed by atoms with E-state index >= 15 is 0 Å².